The summed E-state index contributed by atoms with van der Waals surface area (Å²) in [5.74, 6) is 0.0668. The Bertz CT molecular complexity index is 787. The monoisotopic (exact) mass is 416 g/mol. The molecule has 0 unspecified atom stereocenters. The SMILES string of the molecule is Cc1ccc(NC(=O)C[NH+]2CCN(C(=O)c3ccccc3)CC2)cc1Br. The number of halogens is 1. The van der Waals surface area contributed by atoms with E-state index in [1.165, 1.54) is 4.90 Å². The highest BCUT2D eigenvalue weighted by Crippen LogP contribution is 2.20. The highest BCUT2D eigenvalue weighted by molar-refractivity contribution is 9.10. The maximum atomic E-state index is 12.5. The largest absolute Gasteiger partial charge is 0.327 e. The Morgan fingerprint density at radius 1 is 1.12 bits per heavy atom. The minimum absolute atomic E-state index is 0.00131. The van der Waals surface area contributed by atoms with Crippen molar-refractivity contribution in [2.75, 3.05) is 38.0 Å². The van der Waals surface area contributed by atoms with E-state index in [0.717, 1.165) is 34.4 Å². The summed E-state index contributed by atoms with van der Waals surface area (Å²) in [6.45, 7) is 5.33. The molecule has 2 amide bonds. The quantitative estimate of drug-likeness (QED) is 0.797. The number of amides is 2. The van der Waals surface area contributed by atoms with Crippen LogP contribution in [0.15, 0.2) is 53.0 Å². The van der Waals surface area contributed by atoms with Crippen LogP contribution in [-0.4, -0.2) is 49.4 Å². The van der Waals surface area contributed by atoms with E-state index in [2.05, 4.69) is 21.2 Å². The lowest BCUT2D eigenvalue weighted by Crippen LogP contribution is -3.15. The minimum atomic E-state index is -0.00131. The van der Waals surface area contributed by atoms with Gasteiger partial charge in [0.2, 0.25) is 0 Å². The topological polar surface area (TPSA) is 53.9 Å². The number of quaternary nitrogens is 1. The normalized spacial score (nSPS) is 14.9. The van der Waals surface area contributed by atoms with Crippen molar-refractivity contribution in [2.45, 2.75) is 6.92 Å². The van der Waals surface area contributed by atoms with E-state index in [4.69, 9.17) is 0 Å². The zero-order chi connectivity index (χ0) is 18.5. The molecule has 1 saturated heterocycles. The van der Waals surface area contributed by atoms with Crippen molar-refractivity contribution in [1.29, 1.82) is 0 Å². The lowest BCUT2D eigenvalue weighted by atomic mass is 10.2. The predicted molar refractivity (Wildman–Crippen MR) is 105 cm³/mol. The maximum Gasteiger partial charge on any atom is 0.279 e. The summed E-state index contributed by atoms with van der Waals surface area (Å²) in [6, 6.07) is 15.1. The van der Waals surface area contributed by atoms with Gasteiger partial charge in [0.25, 0.3) is 11.8 Å². The molecule has 5 nitrogen and oxygen atoms in total. The first kappa shape index (κ1) is 18.6. The average Bonchev–Trinajstić information content (AvgIpc) is 2.65. The van der Waals surface area contributed by atoms with Gasteiger partial charge in [0.15, 0.2) is 6.54 Å². The highest BCUT2D eigenvalue weighted by Gasteiger charge is 2.25. The first-order valence-corrected chi connectivity index (χ1v) is 9.56. The Hall–Kier alpha value is -2.18. The minimum Gasteiger partial charge on any atom is -0.327 e. The van der Waals surface area contributed by atoms with Crippen molar-refractivity contribution >= 4 is 33.4 Å². The first-order valence-electron chi connectivity index (χ1n) is 8.77. The summed E-state index contributed by atoms with van der Waals surface area (Å²) in [5, 5.41) is 2.95. The number of benzene rings is 2. The molecule has 0 aromatic heterocycles. The smallest absolute Gasteiger partial charge is 0.279 e. The van der Waals surface area contributed by atoms with Crippen LogP contribution in [0, 0.1) is 6.92 Å². The fraction of sp³-hybridized carbons (Fsp3) is 0.300. The summed E-state index contributed by atoms with van der Waals surface area (Å²) in [4.78, 5) is 27.8. The third-order valence-corrected chi connectivity index (χ3v) is 5.50. The molecular formula is C20H23BrN3O2+. The lowest BCUT2D eigenvalue weighted by molar-refractivity contribution is -0.895. The van der Waals surface area contributed by atoms with Gasteiger partial charge in [-0.05, 0) is 36.8 Å². The number of piperazine rings is 1. The number of aryl methyl sites for hydroxylation is 1. The van der Waals surface area contributed by atoms with Gasteiger partial charge in [0.1, 0.15) is 0 Å². The second-order valence-corrected chi connectivity index (χ2v) is 7.45. The van der Waals surface area contributed by atoms with Gasteiger partial charge in [-0.15, -0.1) is 0 Å². The third kappa shape index (κ3) is 4.71. The molecule has 1 fully saturated rings. The van der Waals surface area contributed by atoms with Crippen LogP contribution in [0.1, 0.15) is 15.9 Å². The summed E-state index contributed by atoms with van der Waals surface area (Å²) in [6.07, 6.45) is 0. The number of carbonyl (C=O) groups is 2. The molecule has 1 heterocycles. The third-order valence-electron chi connectivity index (χ3n) is 4.64. The molecule has 26 heavy (non-hydrogen) atoms. The second kappa shape index (κ2) is 8.47. The molecule has 1 aliphatic heterocycles. The number of nitrogens with zero attached hydrogens (tertiary/aromatic N) is 1. The molecule has 3 rings (SSSR count). The molecule has 136 valence electrons. The molecule has 0 atom stereocenters. The standard InChI is InChI=1S/C20H22BrN3O2/c1-15-7-8-17(13-18(15)21)22-19(25)14-23-9-11-24(12-10-23)20(26)16-5-3-2-4-6-16/h2-8,13H,9-12,14H2,1H3,(H,22,25)/p+1. The first-order chi connectivity index (χ1) is 12.5. The molecule has 0 radical (unpaired) electrons. The van der Waals surface area contributed by atoms with Crippen molar-refractivity contribution in [1.82, 2.24) is 4.90 Å². The molecule has 2 N–H and O–H groups in total. The van der Waals surface area contributed by atoms with Crippen molar-refractivity contribution in [3.05, 3.63) is 64.1 Å². The Kier molecular flexibility index (Phi) is 6.06. The molecule has 2 aromatic carbocycles. The van der Waals surface area contributed by atoms with Crippen LogP contribution in [-0.2, 0) is 4.79 Å². The number of hydrogen-bond donors (Lipinski definition) is 2. The molecule has 0 saturated carbocycles. The van der Waals surface area contributed by atoms with E-state index in [-0.39, 0.29) is 11.8 Å². The summed E-state index contributed by atoms with van der Waals surface area (Å²) in [7, 11) is 0. The van der Waals surface area contributed by atoms with E-state index >= 15 is 0 Å². The molecular weight excluding hydrogens is 394 g/mol. The van der Waals surface area contributed by atoms with E-state index in [1.54, 1.807) is 0 Å². The van der Waals surface area contributed by atoms with E-state index in [9.17, 15) is 9.59 Å². The van der Waals surface area contributed by atoms with E-state index in [1.807, 2.05) is 60.4 Å². The van der Waals surface area contributed by atoms with Crippen LogP contribution < -0.4 is 10.2 Å². The van der Waals surface area contributed by atoms with Crippen LogP contribution >= 0.6 is 15.9 Å². The van der Waals surface area contributed by atoms with E-state index < -0.39 is 0 Å². The van der Waals surface area contributed by atoms with Gasteiger partial charge in [0.05, 0.1) is 26.2 Å². The summed E-state index contributed by atoms with van der Waals surface area (Å²) < 4.78 is 0.982. The van der Waals surface area contributed by atoms with E-state index in [0.29, 0.717) is 19.6 Å². The van der Waals surface area contributed by atoms with Gasteiger partial charge >= 0.3 is 0 Å². The second-order valence-electron chi connectivity index (χ2n) is 6.60. The van der Waals surface area contributed by atoms with Crippen LogP contribution in [0.5, 0.6) is 0 Å². The molecule has 6 heteroatoms. The lowest BCUT2D eigenvalue weighted by Gasteiger charge is -2.32. The summed E-state index contributed by atoms with van der Waals surface area (Å²) >= 11 is 3.48. The zero-order valence-electron chi connectivity index (χ0n) is 14.8. The van der Waals surface area contributed by atoms with Gasteiger partial charge in [0, 0.05) is 15.7 Å². The van der Waals surface area contributed by atoms with Gasteiger partial charge in [-0.3, -0.25) is 9.59 Å². The Balaban J connectivity index is 1.48. The van der Waals surface area contributed by atoms with Crippen LogP contribution in [0.25, 0.3) is 0 Å². The number of nitrogens with one attached hydrogen (secondary N) is 2. The van der Waals surface area contributed by atoms with Gasteiger partial charge in [-0.1, -0.05) is 40.2 Å². The Morgan fingerprint density at radius 2 is 1.81 bits per heavy atom. The maximum absolute atomic E-state index is 12.5. The fourth-order valence-corrected chi connectivity index (χ4v) is 3.45. The summed E-state index contributed by atoms with van der Waals surface area (Å²) in [5.41, 5.74) is 2.65. The van der Waals surface area contributed by atoms with Crippen LogP contribution in [0.3, 0.4) is 0 Å². The van der Waals surface area contributed by atoms with Gasteiger partial charge < -0.3 is 15.1 Å². The number of hydrogen-bond acceptors (Lipinski definition) is 2. The molecule has 0 spiro atoms. The Morgan fingerprint density at radius 3 is 2.46 bits per heavy atom. The van der Waals surface area contributed by atoms with Crippen LogP contribution in [0.2, 0.25) is 0 Å². The van der Waals surface area contributed by atoms with Crippen molar-refractivity contribution < 1.29 is 14.5 Å². The fourth-order valence-electron chi connectivity index (χ4n) is 3.07. The molecule has 0 aliphatic carbocycles. The highest BCUT2D eigenvalue weighted by atomic mass is 79.9. The molecule has 0 bridgehead atoms. The zero-order valence-corrected chi connectivity index (χ0v) is 16.4. The predicted octanol–water partition coefficient (Wildman–Crippen LogP) is 1.74. The molecule has 1 aliphatic rings. The number of rotatable bonds is 4. The van der Waals surface area contributed by atoms with Crippen molar-refractivity contribution in [3.63, 3.8) is 0 Å². The number of anilines is 1. The van der Waals surface area contributed by atoms with Crippen molar-refractivity contribution in [2.24, 2.45) is 0 Å². The van der Waals surface area contributed by atoms with Gasteiger partial charge in [-0.25, -0.2) is 0 Å². The Labute approximate surface area is 162 Å². The van der Waals surface area contributed by atoms with Crippen LogP contribution in [0.4, 0.5) is 5.69 Å². The average molecular weight is 417 g/mol. The molecule has 2 aromatic rings. The van der Waals surface area contributed by atoms with Gasteiger partial charge in [-0.2, -0.15) is 0 Å². The van der Waals surface area contributed by atoms with Crippen molar-refractivity contribution in [3.8, 4) is 0 Å². The number of carbonyl (C=O) groups excluding carboxylic acids is 2.